The molecule has 0 aromatic heterocycles. The van der Waals surface area contributed by atoms with E-state index in [0.29, 0.717) is 22.9 Å². The van der Waals surface area contributed by atoms with Gasteiger partial charge in [0.25, 0.3) is 0 Å². The van der Waals surface area contributed by atoms with E-state index in [1.165, 1.54) is 23.9 Å². The van der Waals surface area contributed by atoms with Crippen molar-refractivity contribution >= 4 is 35.4 Å². The van der Waals surface area contributed by atoms with Gasteiger partial charge in [0.15, 0.2) is 11.6 Å². The summed E-state index contributed by atoms with van der Waals surface area (Å²) in [4.78, 5) is 17.3. The highest BCUT2D eigenvalue weighted by molar-refractivity contribution is 8.14. The first-order valence-electron chi connectivity index (χ1n) is 6.66. The number of likely N-dealkylation sites (N-methyl/N-ethyl adjacent to an activating group) is 1. The van der Waals surface area contributed by atoms with Gasteiger partial charge in [0.2, 0.25) is 0 Å². The van der Waals surface area contributed by atoms with Crippen LogP contribution in [0.15, 0.2) is 23.2 Å². The molecule has 0 saturated carbocycles. The third-order valence-corrected chi connectivity index (χ3v) is 4.91. The van der Waals surface area contributed by atoms with Crippen molar-refractivity contribution in [2.24, 2.45) is 4.99 Å². The summed E-state index contributed by atoms with van der Waals surface area (Å²) in [5.41, 5.74) is 0.374. The number of phenolic OH excluding ortho intramolecular Hbond substituents is 1. The molecule has 1 aliphatic rings. The number of carboxylic acids is 1. The molecule has 1 aromatic rings. The average Bonchev–Trinajstić information content (AvgIpc) is 2.90. The van der Waals surface area contributed by atoms with E-state index in [4.69, 9.17) is 5.11 Å². The fourth-order valence-electron chi connectivity index (χ4n) is 2.21. The molecule has 1 unspecified atom stereocenters. The Balaban J connectivity index is 2.09. The highest BCUT2D eigenvalue weighted by atomic mass is 32.2. The van der Waals surface area contributed by atoms with E-state index in [0.717, 1.165) is 0 Å². The van der Waals surface area contributed by atoms with Crippen molar-refractivity contribution in [2.45, 2.75) is 12.1 Å². The summed E-state index contributed by atoms with van der Waals surface area (Å²) in [6, 6.07) is 3.55. The largest absolute Gasteiger partial charge is 0.504 e. The Morgan fingerprint density at radius 3 is 3.00 bits per heavy atom. The summed E-state index contributed by atoms with van der Waals surface area (Å²) in [6.45, 7) is 0.462. The van der Waals surface area contributed by atoms with Crippen LogP contribution in [0, 0.1) is 5.82 Å². The van der Waals surface area contributed by atoms with Crippen LogP contribution in [0.5, 0.6) is 5.75 Å². The zero-order valence-corrected chi connectivity index (χ0v) is 13.6. The van der Waals surface area contributed by atoms with Crippen LogP contribution in [-0.2, 0) is 4.79 Å². The lowest BCUT2D eigenvalue weighted by molar-refractivity contribution is -0.141. The van der Waals surface area contributed by atoms with Crippen LogP contribution in [0.25, 0.3) is 0 Å². The lowest BCUT2D eigenvalue weighted by Gasteiger charge is -2.24. The molecule has 1 aromatic carbocycles. The molecule has 0 radical (unpaired) electrons. The van der Waals surface area contributed by atoms with Gasteiger partial charge in [-0.1, -0.05) is 6.07 Å². The molecule has 2 atom stereocenters. The molecular weight excluding hydrogens is 327 g/mol. The molecule has 8 heteroatoms. The minimum atomic E-state index is -0.921. The Morgan fingerprint density at radius 2 is 2.36 bits per heavy atom. The van der Waals surface area contributed by atoms with E-state index in [1.54, 1.807) is 18.0 Å². The lowest BCUT2D eigenvalue weighted by atomic mass is 10.2. The van der Waals surface area contributed by atoms with Crippen molar-refractivity contribution in [1.82, 2.24) is 4.90 Å². The molecule has 2 N–H and O–H groups in total. The molecule has 0 amide bonds. The Hall–Kier alpha value is -1.25. The Kier molecular flexibility index (Phi) is 5.71. The molecule has 1 aliphatic heterocycles. The second kappa shape index (κ2) is 7.34. The number of rotatable bonds is 6. The minimum absolute atomic E-state index is 0.102. The van der Waals surface area contributed by atoms with Crippen molar-refractivity contribution in [3.8, 4) is 5.75 Å². The van der Waals surface area contributed by atoms with E-state index in [-0.39, 0.29) is 11.8 Å². The maximum atomic E-state index is 13.4. The van der Waals surface area contributed by atoms with Gasteiger partial charge in [0.05, 0.1) is 11.6 Å². The molecule has 2 rings (SSSR count). The van der Waals surface area contributed by atoms with Gasteiger partial charge in [0.1, 0.15) is 11.1 Å². The summed E-state index contributed by atoms with van der Waals surface area (Å²) in [7, 11) is 1.72. The molecule has 0 fully saturated rings. The highest BCUT2D eigenvalue weighted by Gasteiger charge is 2.27. The minimum Gasteiger partial charge on any atom is -0.504 e. The monoisotopic (exact) mass is 344 g/mol. The molecule has 120 valence electrons. The van der Waals surface area contributed by atoms with Gasteiger partial charge in [-0.25, -0.2) is 4.39 Å². The van der Waals surface area contributed by atoms with Crippen LogP contribution in [0.3, 0.4) is 0 Å². The number of halogens is 1. The number of aromatic hydroxyl groups is 1. The number of para-hydroxylation sites is 1. The number of aliphatic imine (C=N–C) groups is 1. The number of thioether (sulfide) groups is 1. The zero-order valence-electron chi connectivity index (χ0n) is 11.9. The Morgan fingerprint density at radius 1 is 1.64 bits per heavy atom. The van der Waals surface area contributed by atoms with Crippen LogP contribution in [0.4, 0.5) is 4.39 Å². The number of hydrogen-bond acceptors (Lipinski definition) is 6. The zero-order chi connectivity index (χ0) is 16.3. The van der Waals surface area contributed by atoms with Gasteiger partial charge in [-0.15, -0.1) is 11.8 Å². The molecule has 0 aliphatic carbocycles. The first-order chi connectivity index (χ1) is 10.4. The molecule has 22 heavy (non-hydrogen) atoms. The second-order valence-corrected chi connectivity index (χ2v) is 6.39. The fraction of sp³-hybridized carbons (Fsp3) is 0.429. The average molecular weight is 344 g/mol. The van der Waals surface area contributed by atoms with E-state index in [9.17, 15) is 14.3 Å². The van der Waals surface area contributed by atoms with E-state index < -0.39 is 23.6 Å². The van der Waals surface area contributed by atoms with Crippen molar-refractivity contribution in [3.05, 3.63) is 29.6 Å². The predicted octanol–water partition coefficient (Wildman–Crippen LogP) is 1.71. The predicted molar refractivity (Wildman–Crippen MR) is 88.8 cm³/mol. The van der Waals surface area contributed by atoms with Crippen LogP contribution >= 0.6 is 24.4 Å². The van der Waals surface area contributed by atoms with Gasteiger partial charge >= 0.3 is 5.97 Å². The number of carboxylic acid groups (broad SMARTS) is 1. The van der Waals surface area contributed by atoms with Gasteiger partial charge in [-0.2, -0.15) is 12.6 Å². The fourth-order valence-corrected chi connectivity index (χ4v) is 3.72. The smallest absolute Gasteiger partial charge is 0.321 e. The molecule has 5 nitrogen and oxygen atoms in total. The van der Waals surface area contributed by atoms with Crippen molar-refractivity contribution in [2.75, 3.05) is 25.1 Å². The molecule has 0 bridgehead atoms. The van der Waals surface area contributed by atoms with Gasteiger partial charge in [0, 0.05) is 18.1 Å². The van der Waals surface area contributed by atoms with Gasteiger partial charge < -0.3 is 10.2 Å². The number of phenols is 1. The third kappa shape index (κ3) is 3.74. The standard InChI is InChI=1S/C14H17FN2O3S2/c1-17(11(6-21)14(19)20)5-8-7-22-13(16-8)9-3-2-4-10(15)12(9)18/h2-4,8,11,18,21H,5-7H2,1H3,(H,19,20)/t8?,11-/m1/s1. The summed E-state index contributed by atoms with van der Waals surface area (Å²) in [6.07, 6.45) is 0. The Bertz CT molecular complexity index is 597. The maximum absolute atomic E-state index is 13.4. The molecule has 1 heterocycles. The van der Waals surface area contributed by atoms with Crippen molar-refractivity contribution in [1.29, 1.82) is 0 Å². The third-order valence-electron chi connectivity index (χ3n) is 3.42. The normalized spacial score (nSPS) is 19.3. The summed E-state index contributed by atoms with van der Waals surface area (Å²) >= 11 is 5.48. The first kappa shape index (κ1) is 17.1. The van der Waals surface area contributed by atoms with Crippen molar-refractivity contribution in [3.63, 3.8) is 0 Å². The topological polar surface area (TPSA) is 73.1 Å². The second-order valence-electron chi connectivity index (χ2n) is 5.01. The Labute approximate surface area is 137 Å². The quantitative estimate of drug-likeness (QED) is 0.685. The SMILES string of the molecule is CN(CC1CSC(c2cccc(F)c2O)=N1)[C@H](CS)C(=O)O. The number of hydrogen-bond donors (Lipinski definition) is 3. The lowest BCUT2D eigenvalue weighted by Crippen LogP contribution is -2.43. The van der Waals surface area contributed by atoms with Crippen LogP contribution < -0.4 is 0 Å². The maximum Gasteiger partial charge on any atom is 0.321 e. The van der Waals surface area contributed by atoms with E-state index in [2.05, 4.69) is 17.6 Å². The van der Waals surface area contributed by atoms with Crippen molar-refractivity contribution < 1.29 is 19.4 Å². The number of benzene rings is 1. The number of thiol groups is 1. The number of aliphatic carboxylic acids is 1. The van der Waals surface area contributed by atoms with Gasteiger partial charge in [-0.3, -0.25) is 14.7 Å². The summed E-state index contributed by atoms with van der Waals surface area (Å²) in [5.74, 6) is -1.12. The van der Waals surface area contributed by atoms with E-state index >= 15 is 0 Å². The molecule has 0 spiro atoms. The first-order valence-corrected chi connectivity index (χ1v) is 8.28. The van der Waals surface area contributed by atoms with Crippen LogP contribution in [-0.4, -0.2) is 63.3 Å². The summed E-state index contributed by atoms with van der Waals surface area (Å²) in [5, 5.41) is 19.4. The number of carbonyl (C=O) groups is 1. The van der Waals surface area contributed by atoms with E-state index in [1.807, 2.05) is 0 Å². The van der Waals surface area contributed by atoms with Crippen LogP contribution in [0.2, 0.25) is 0 Å². The summed E-state index contributed by atoms with van der Waals surface area (Å²) < 4.78 is 13.4. The number of nitrogens with zero attached hydrogens (tertiary/aromatic N) is 2. The van der Waals surface area contributed by atoms with Crippen LogP contribution in [0.1, 0.15) is 5.56 Å². The van der Waals surface area contributed by atoms with Gasteiger partial charge in [-0.05, 0) is 19.2 Å². The highest BCUT2D eigenvalue weighted by Crippen LogP contribution is 2.30. The molecular formula is C14H17FN2O3S2. The molecule has 0 saturated heterocycles.